The highest BCUT2D eigenvalue weighted by atomic mass is 15.3. The molecule has 0 aliphatic carbocycles. The van der Waals surface area contributed by atoms with Crippen LogP contribution in [0.1, 0.15) is 32.5 Å². The molecule has 0 fully saturated rings. The standard InChI is InChI=1S/C14H29N7/c1-5-21(6-2)10-8-7-9-16-14(15-3)17-11-13-18-12-19-20(13)4/h12H,5-11H2,1-4H3,(H2,15,16,17). The van der Waals surface area contributed by atoms with Gasteiger partial charge in [-0.25, -0.2) is 4.98 Å². The molecule has 0 saturated carbocycles. The number of hydrogen-bond acceptors (Lipinski definition) is 4. The van der Waals surface area contributed by atoms with Crippen molar-refractivity contribution >= 4 is 5.96 Å². The first-order valence-corrected chi connectivity index (χ1v) is 7.71. The van der Waals surface area contributed by atoms with Gasteiger partial charge < -0.3 is 15.5 Å². The number of hydrogen-bond donors (Lipinski definition) is 2. The van der Waals surface area contributed by atoms with Crippen molar-refractivity contribution in [2.75, 3.05) is 33.2 Å². The summed E-state index contributed by atoms with van der Waals surface area (Å²) in [6.45, 7) is 9.39. The van der Waals surface area contributed by atoms with E-state index in [-0.39, 0.29) is 0 Å². The number of guanidine groups is 1. The average molecular weight is 295 g/mol. The van der Waals surface area contributed by atoms with E-state index in [4.69, 9.17) is 0 Å². The molecular formula is C14H29N7. The maximum absolute atomic E-state index is 4.21. The van der Waals surface area contributed by atoms with Gasteiger partial charge in [-0.1, -0.05) is 13.8 Å². The molecule has 7 heteroatoms. The van der Waals surface area contributed by atoms with Gasteiger partial charge in [-0.15, -0.1) is 0 Å². The maximum atomic E-state index is 4.21. The molecule has 1 aromatic heterocycles. The second kappa shape index (κ2) is 10.1. The van der Waals surface area contributed by atoms with E-state index in [0.717, 1.165) is 37.8 Å². The zero-order valence-corrected chi connectivity index (χ0v) is 13.8. The van der Waals surface area contributed by atoms with E-state index in [1.54, 1.807) is 18.1 Å². The number of aliphatic imine (C=N–C) groups is 1. The van der Waals surface area contributed by atoms with Crippen molar-refractivity contribution in [1.82, 2.24) is 30.3 Å². The summed E-state index contributed by atoms with van der Waals surface area (Å²) in [7, 11) is 3.66. The summed E-state index contributed by atoms with van der Waals surface area (Å²) < 4.78 is 1.75. The molecule has 0 radical (unpaired) electrons. The lowest BCUT2D eigenvalue weighted by molar-refractivity contribution is 0.297. The van der Waals surface area contributed by atoms with Crippen LogP contribution in [0.3, 0.4) is 0 Å². The van der Waals surface area contributed by atoms with Crippen LogP contribution in [0.25, 0.3) is 0 Å². The minimum Gasteiger partial charge on any atom is -0.356 e. The Labute approximate surface area is 127 Å². The number of aromatic nitrogens is 3. The van der Waals surface area contributed by atoms with Crippen molar-refractivity contribution < 1.29 is 0 Å². The molecule has 0 unspecified atom stereocenters. The van der Waals surface area contributed by atoms with Crippen molar-refractivity contribution in [3.8, 4) is 0 Å². The molecule has 0 saturated heterocycles. The lowest BCUT2D eigenvalue weighted by Gasteiger charge is -2.17. The van der Waals surface area contributed by atoms with E-state index < -0.39 is 0 Å². The zero-order chi connectivity index (χ0) is 15.5. The van der Waals surface area contributed by atoms with E-state index in [1.807, 2.05) is 7.05 Å². The molecule has 1 aromatic rings. The van der Waals surface area contributed by atoms with Crippen LogP contribution >= 0.6 is 0 Å². The smallest absolute Gasteiger partial charge is 0.191 e. The second-order valence-electron chi connectivity index (χ2n) is 4.89. The van der Waals surface area contributed by atoms with Crippen LogP contribution in [0.5, 0.6) is 0 Å². The van der Waals surface area contributed by atoms with Gasteiger partial charge in [0.15, 0.2) is 5.96 Å². The summed E-state index contributed by atoms with van der Waals surface area (Å²) in [5.41, 5.74) is 0. The van der Waals surface area contributed by atoms with Crippen LogP contribution in [0.2, 0.25) is 0 Å². The normalized spacial score (nSPS) is 12.0. The van der Waals surface area contributed by atoms with Crippen LogP contribution in [-0.2, 0) is 13.6 Å². The van der Waals surface area contributed by atoms with Gasteiger partial charge in [0.25, 0.3) is 0 Å². The summed E-state index contributed by atoms with van der Waals surface area (Å²) in [6, 6.07) is 0. The Balaban J connectivity index is 2.16. The lowest BCUT2D eigenvalue weighted by atomic mass is 10.3. The number of rotatable bonds is 9. The highest BCUT2D eigenvalue weighted by Gasteiger charge is 2.02. The first-order valence-electron chi connectivity index (χ1n) is 7.71. The summed E-state index contributed by atoms with van der Waals surface area (Å²) >= 11 is 0. The van der Waals surface area contributed by atoms with E-state index in [2.05, 4.69) is 44.5 Å². The first kappa shape index (κ1) is 17.4. The fourth-order valence-corrected chi connectivity index (χ4v) is 2.07. The zero-order valence-electron chi connectivity index (χ0n) is 13.8. The molecule has 120 valence electrons. The quantitative estimate of drug-likeness (QED) is 0.397. The highest BCUT2D eigenvalue weighted by molar-refractivity contribution is 5.79. The molecule has 0 aliphatic heterocycles. The van der Waals surface area contributed by atoms with Gasteiger partial charge in [0.2, 0.25) is 0 Å². The minimum absolute atomic E-state index is 0.621. The van der Waals surface area contributed by atoms with Crippen molar-refractivity contribution in [3.63, 3.8) is 0 Å². The van der Waals surface area contributed by atoms with Crippen molar-refractivity contribution in [2.45, 2.75) is 33.2 Å². The van der Waals surface area contributed by atoms with Crippen LogP contribution in [-0.4, -0.2) is 58.9 Å². The highest BCUT2D eigenvalue weighted by Crippen LogP contribution is 1.94. The van der Waals surface area contributed by atoms with Gasteiger partial charge in [-0.2, -0.15) is 5.10 Å². The molecule has 0 spiro atoms. The Morgan fingerprint density at radius 1 is 1.29 bits per heavy atom. The third-order valence-corrected chi connectivity index (χ3v) is 3.53. The third-order valence-electron chi connectivity index (χ3n) is 3.53. The average Bonchev–Trinajstić information content (AvgIpc) is 2.91. The number of aryl methyl sites for hydroxylation is 1. The van der Waals surface area contributed by atoms with Gasteiger partial charge in [-0.05, 0) is 32.5 Å². The van der Waals surface area contributed by atoms with E-state index in [0.29, 0.717) is 6.54 Å². The lowest BCUT2D eigenvalue weighted by Crippen LogP contribution is -2.38. The van der Waals surface area contributed by atoms with Crippen molar-refractivity contribution in [1.29, 1.82) is 0 Å². The Hall–Kier alpha value is -1.63. The van der Waals surface area contributed by atoms with Crippen LogP contribution < -0.4 is 10.6 Å². The maximum Gasteiger partial charge on any atom is 0.191 e. The summed E-state index contributed by atoms with van der Waals surface area (Å²) in [5.74, 6) is 1.69. The fraction of sp³-hybridized carbons (Fsp3) is 0.786. The molecule has 0 aliphatic rings. The summed E-state index contributed by atoms with van der Waals surface area (Å²) in [6.07, 6.45) is 3.90. The van der Waals surface area contributed by atoms with Crippen LogP contribution in [0, 0.1) is 0 Å². The van der Waals surface area contributed by atoms with Crippen molar-refractivity contribution in [3.05, 3.63) is 12.2 Å². The van der Waals surface area contributed by atoms with Crippen LogP contribution in [0.15, 0.2) is 11.3 Å². The molecule has 2 N–H and O–H groups in total. The van der Waals surface area contributed by atoms with E-state index in [9.17, 15) is 0 Å². The molecular weight excluding hydrogens is 266 g/mol. The van der Waals surface area contributed by atoms with Gasteiger partial charge in [0, 0.05) is 20.6 Å². The minimum atomic E-state index is 0.621. The first-order chi connectivity index (χ1) is 10.2. The van der Waals surface area contributed by atoms with E-state index in [1.165, 1.54) is 13.0 Å². The number of nitrogens with zero attached hydrogens (tertiary/aromatic N) is 5. The number of unbranched alkanes of at least 4 members (excludes halogenated alkanes) is 1. The van der Waals surface area contributed by atoms with Gasteiger partial charge in [0.1, 0.15) is 12.2 Å². The molecule has 0 aromatic carbocycles. The number of nitrogens with one attached hydrogen (secondary N) is 2. The molecule has 0 atom stereocenters. The van der Waals surface area contributed by atoms with Gasteiger partial charge in [0.05, 0.1) is 6.54 Å². The molecule has 0 bridgehead atoms. The summed E-state index contributed by atoms with van der Waals surface area (Å²) in [5, 5.41) is 10.6. The predicted octanol–water partition coefficient (Wildman–Crippen LogP) is 0.602. The topological polar surface area (TPSA) is 70.4 Å². The Bertz CT molecular complexity index is 409. The molecule has 1 heterocycles. The summed E-state index contributed by atoms with van der Waals surface area (Å²) in [4.78, 5) is 10.8. The second-order valence-corrected chi connectivity index (χ2v) is 4.89. The Morgan fingerprint density at radius 2 is 2.05 bits per heavy atom. The SMILES string of the molecule is CCN(CC)CCCCNC(=NC)NCc1ncnn1C. The van der Waals surface area contributed by atoms with Crippen LogP contribution in [0.4, 0.5) is 0 Å². The Morgan fingerprint density at radius 3 is 2.62 bits per heavy atom. The van der Waals surface area contributed by atoms with Crippen molar-refractivity contribution in [2.24, 2.45) is 12.0 Å². The van der Waals surface area contributed by atoms with Gasteiger partial charge >= 0.3 is 0 Å². The van der Waals surface area contributed by atoms with E-state index >= 15 is 0 Å². The molecule has 7 nitrogen and oxygen atoms in total. The molecule has 0 amide bonds. The predicted molar refractivity (Wildman–Crippen MR) is 86.2 cm³/mol. The third kappa shape index (κ3) is 6.57. The fourth-order valence-electron chi connectivity index (χ4n) is 2.07. The van der Waals surface area contributed by atoms with Gasteiger partial charge in [-0.3, -0.25) is 9.67 Å². The Kier molecular flexibility index (Phi) is 8.42. The molecule has 21 heavy (non-hydrogen) atoms. The largest absolute Gasteiger partial charge is 0.356 e. The molecule has 1 rings (SSSR count). The monoisotopic (exact) mass is 295 g/mol.